The number of carbonyl (C=O) groups excluding carboxylic acids is 2. The lowest BCUT2D eigenvalue weighted by Crippen LogP contribution is -2.42. The molecule has 3 aromatic rings. The third kappa shape index (κ3) is 7.31. The summed E-state index contributed by atoms with van der Waals surface area (Å²) in [5.41, 5.74) is 3.04. The summed E-state index contributed by atoms with van der Waals surface area (Å²) in [5.74, 6) is 0.576. The molecule has 2 aromatic carbocycles. The molecule has 6 nitrogen and oxygen atoms in total. The van der Waals surface area contributed by atoms with Crippen LogP contribution in [0.25, 0.3) is 11.6 Å². The van der Waals surface area contributed by atoms with Gasteiger partial charge in [0.05, 0.1) is 13.4 Å². The first-order valence-corrected chi connectivity index (χ1v) is 12.1. The van der Waals surface area contributed by atoms with Crippen molar-refractivity contribution in [3.05, 3.63) is 89.8 Å². The first-order chi connectivity index (χ1) is 16.5. The van der Waals surface area contributed by atoms with Gasteiger partial charge in [-0.15, -0.1) is 0 Å². The molecule has 0 aliphatic heterocycles. The first-order valence-electron chi connectivity index (χ1n) is 11.0. The molecular formula is C26H28FN3O3S. The lowest BCUT2D eigenvalue weighted by molar-refractivity contribution is -0.142. The van der Waals surface area contributed by atoms with Gasteiger partial charge in [0, 0.05) is 24.5 Å². The van der Waals surface area contributed by atoms with Crippen molar-refractivity contribution in [3.63, 3.8) is 0 Å². The minimum atomic E-state index is -0.702. The molecule has 0 saturated carbocycles. The zero-order valence-corrected chi connectivity index (χ0v) is 20.1. The van der Waals surface area contributed by atoms with E-state index in [0.29, 0.717) is 18.5 Å². The van der Waals surface area contributed by atoms with Gasteiger partial charge in [-0.05, 0) is 65.0 Å². The van der Waals surface area contributed by atoms with E-state index < -0.39 is 12.0 Å². The van der Waals surface area contributed by atoms with E-state index in [9.17, 15) is 14.0 Å². The molecule has 0 saturated heterocycles. The van der Waals surface area contributed by atoms with Crippen LogP contribution >= 0.6 is 11.8 Å². The van der Waals surface area contributed by atoms with Crippen LogP contribution < -0.4 is 5.32 Å². The number of esters is 1. The topological polar surface area (TPSA) is 73.2 Å². The van der Waals surface area contributed by atoms with Gasteiger partial charge in [0.15, 0.2) is 0 Å². The zero-order chi connectivity index (χ0) is 24.3. The molecular weight excluding hydrogens is 453 g/mol. The number of allylic oxidation sites excluding steroid dienone is 1. The van der Waals surface area contributed by atoms with Crippen LogP contribution in [0.3, 0.4) is 0 Å². The number of benzene rings is 2. The third-order valence-electron chi connectivity index (χ3n) is 5.16. The van der Waals surface area contributed by atoms with Crippen LogP contribution in [0, 0.1) is 5.82 Å². The molecule has 0 spiro atoms. The number of aromatic nitrogens is 2. The summed E-state index contributed by atoms with van der Waals surface area (Å²) < 4.78 is 20.2. The number of thioether (sulfide) groups is 1. The summed E-state index contributed by atoms with van der Waals surface area (Å²) in [6, 6.07) is 12.7. The fourth-order valence-electron chi connectivity index (χ4n) is 3.41. The third-order valence-corrected chi connectivity index (χ3v) is 6.10. The van der Waals surface area contributed by atoms with Gasteiger partial charge >= 0.3 is 5.97 Å². The van der Waals surface area contributed by atoms with Gasteiger partial charge in [-0.2, -0.15) is 11.8 Å². The minimum absolute atomic E-state index is 0.304. The van der Waals surface area contributed by atoms with Gasteiger partial charge in [0.2, 0.25) is 0 Å². The normalized spacial score (nSPS) is 12.3. The maximum atomic E-state index is 13.5. The monoisotopic (exact) mass is 481 g/mol. The Morgan fingerprint density at radius 3 is 2.68 bits per heavy atom. The molecule has 1 N–H and O–H groups in total. The van der Waals surface area contributed by atoms with Crippen molar-refractivity contribution in [2.75, 3.05) is 18.6 Å². The zero-order valence-electron chi connectivity index (χ0n) is 19.2. The molecule has 178 valence electrons. The number of amides is 1. The van der Waals surface area contributed by atoms with Crippen molar-refractivity contribution in [2.45, 2.75) is 25.9 Å². The number of halogens is 1. The number of hydrogen-bond acceptors (Lipinski definition) is 5. The van der Waals surface area contributed by atoms with Crippen molar-refractivity contribution in [2.24, 2.45) is 0 Å². The van der Waals surface area contributed by atoms with Gasteiger partial charge in [0.25, 0.3) is 5.91 Å². The van der Waals surface area contributed by atoms with E-state index in [1.54, 1.807) is 54.6 Å². The highest BCUT2D eigenvalue weighted by Crippen LogP contribution is 2.22. The predicted molar refractivity (Wildman–Crippen MR) is 134 cm³/mol. The Morgan fingerprint density at radius 2 is 2.00 bits per heavy atom. The summed E-state index contributed by atoms with van der Waals surface area (Å²) in [5, 5.41) is 2.80. The maximum absolute atomic E-state index is 13.5. The molecule has 0 fully saturated rings. The average molecular weight is 482 g/mol. The van der Waals surface area contributed by atoms with E-state index in [2.05, 4.69) is 10.3 Å². The van der Waals surface area contributed by atoms with Crippen LogP contribution in [0.1, 0.15) is 34.8 Å². The van der Waals surface area contributed by atoms with Crippen LogP contribution in [0.15, 0.2) is 67.3 Å². The molecule has 1 atom stereocenters. The van der Waals surface area contributed by atoms with Crippen molar-refractivity contribution in [1.82, 2.24) is 14.9 Å². The molecule has 1 aromatic heterocycles. The summed E-state index contributed by atoms with van der Waals surface area (Å²) in [4.78, 5) is 29.1. The number of carbonyl (C=O) groups is 2. The van der Waals surface area contributed by atoms with Gasteiger partial charge in [-0.1, -0.05) is 31.2 Å². The highest BCUT2D eigenvalue weighted by molar-refractivity contribution is 7.99. The fourth-order valence-corrected chi connectivity index (χ4v) is 4.10. The average Bonchev–Trinajstić information content (AvgIpc) is 3.36. The lowest BCUT2D eigenvalue weighted by atomic mass is 10.0. The second kappa shape index (κ2) is 12.7. The Balaban J connectivity index is 1.84. The number of nitrogens with zero attached hydrogens (tertiary/aromatic N) is 2. The van der Waals surface area contributed by atoms with Crippen molar-refractivity contribution < 1.29 is 18.7 Å². The van der Waals surface area contributed by atoms with E-state index >= 15 is 0 Å². The van der Waals surface area contributed by atoms with Crippen LogP contribution in [0.5, 0.6) is 0 Å². The van der Waals surface area contributed by atoms with Crippen LogP contribution in [0.2, 0.25) is 0 Å². The number of rotatable bonds is 11. The second-order valence-corrected chi connectivity index (χ2v) is 8.97. The number of imidazole rings is 1. The molecule has 34 heavy (non-hydrogen) atoms. The van der Waals surface area contributed by atoms with Crippen molar-refractivity contribution >= 4 is 35.3 Å². The van der Waals surface area contributed by atoms with Crippen LogP contribution in [-0.2, 0) is 16.1 Å². The lowest BCUT2D eigenvalue weighted by Gasteiger charge is -2.16. The summed E-state index contributed by atoms with van der Waals surface area (Å²) in [6.45, 7) is 2.57. The second-order valence-electron chi connectivity index (χ2n) is 7.57. The molecule has 0 aliphatic rings. The maximum Gasteiger partial charge on any atom is 0.328 e. The molecule has 3 rings (SSSR count). The Hall–Kier alpha value is -3.39. The number of ether oxygens (including phenoxy) is 1. The van der Waals surface area contributed by atoms with E-state index in [4.69, 9.17) is 4.74 Å². The molecule has 1 amide bonds. The standard InChI is InChI=1S/C26H28FN3O3S/c1-3-34-14-11-24(26(32)33-2)29-25(31)21-6-4-5-19(15-21)16-22(17-30-13-12-28-18-30)20-7-9-23(27)10-8-20/h4-10,12-13,15-16,18,24H,3,11,14,17H2,1-2H3,(H,29,31)/b22-16-/t24-/m0/s1. The summed E-state index contributed by atoms with van der Waals surface area (Å²) in [6.07, 6.45) is 7.72. The van der Waals surface area contributed by atoms with Crippen LogP contribution in [0.4, 0.5) is 4.39 Å². The minimum Gasteiger partial charge on any atom is -0.467 e. The largest absolute Gasteiger partial charge is 0.467 e. The van der Waals surface area contributed by atoms with Gasteiger partial charge in [-0.25, -0.2) is 14.2 Å². The number of hydrogen-bond donors (Lipinski definition) is 1. The first kappa shape index (κ1) is 25.2. The van der Waals surface area contributed by atoms with Gasteiger partial charge in [-0.3, -0.25) is 4.79 Å². The quantitative estimate of drug-likeness (QED) is 0.245. The smallest absolute Gasteiger partial charge is 0.328 e. The highest BCUT2D eigenvalue weighted by atomic mass is 32.2. The Morgan fingerprint density at radius 1 is 1.21 bits per heavy atom. The SMILES string of the molecule is CCSCC[C@H](NC(=O)c1cccc(/C=C(/Cn2ccnc2)c2ccc(F)cc2)c1)C(=O)OC. The van der Waals surface area contributed by atoms with E-state index in [-0.39, 0.29) is 11.7 Å². The van der Waals surface area contributed by atoms with Crippen molar-refractivity contribution in [1.29, 1.82) is 0 Å². The fraction of sp³-hybridized carbons (Fsp3) is 0.269. The van der Waals surface area contributed by atoms with E-state index in [1.165, 1.54) is 19.2 Å². The summed E-state index contributed by atoms with van der Waals surface area (Å²) in [7, 11) is 1.32. The van der Waals surface area contributed by atoms with Gasteiger partial charge in [0.1, 0.15) is 11.9 Å². The summed E-state index contributed by atoms with van der Waals surface area (Å²) >= 11 is 1.70. The van der Waals surface area contributed by atoms with E-state index in [1.807, 2.05) is 29.8 Å². The Labute approximate surface area is 203 Å². The van der Waals surface area contributed by atoms with Gasteiger partial charge < -0.3 is 14.6 Å². The molecule has 0 aliphatic carbocycles. The molecule has 0 radical (unpaired) electrons. The Kier molecular flexibility index (Phi) is 9.46. The molecule has 1 heterocycles. The predicted octanol–water partition coefficient (Wildman–Crippen LogP) is 4.68. The Bertz CT molecular complexity index is 1110. The van der Waals surface area contributed by atoms with Crippen molar-refractivity contribution in [3.8, 4) is 0 Å². The molecule has 8 heteroatoms. The number of methoxy groups -OCH3 is 1. The molecule has 0 bridgehead atoms. The van der Waals surface area contributed by atoms with E-state index in [0.717, 1.165) is 28.2 Å². The highest BCUT2D eigenvalue weighted by Gasteiger charge is 2.22. The molecule has 0 unspecified atom stereocenters. The number of nitrogens with one attached hydrogen (secondary N) is 1. The van der Waals surface area contributed by atoms with Crippen LogP contribution in [-0.4, -0.2) is 46.1 Å².